The molecule has 2 unspecified atom stereocenters. The van der Waals surface area contributed by atoms with E-state index in [2.05, 4.69) is 16.8 Å². The van der Waals surface area contributed by atoms with Crippen LogP contribution in [0.25, 0.3) is 0 Å². The van der Waals surface area contributed by atoms with Crippen molar-refractivity contribution in [1.29, 1.82) is 0 Å². The Balaban J connectivity index is 1.67. The van der Waals surface area contributed by atoms with Crippen molar-refractivity contribution < 1.29 is 13.9 Å². The molecule has 0 amide bonds. The molecule has 1 N–H and O–H groups in total. The number of hydrogen-bond acceptors (Lipinski definition) is 3. The van der Waals surface area contributed by atoms with E-state index in [1.165, 1.54) is 31.5 Å². The summed E-state index contributed by atoms with van der Waals surface area (Å²) in [5.41, 5.74) is 0.588. The number of halogens is 2. The number of likely N-dealkylation sites (tertiary alicyclic amines) is 2. The lowest BCUT2D eigenvalue weighted by atomic mass is 9.84. The van der Waals surface area contributed by atoms with Crippen LogP contribution in [0, 0.1) is 17.6 Å². The molecule has 0 aromatic heterocycles. The number of fused-ring (bicyclic) bond motifs is 1. The van der Waals surface area contributed by atoms with Crippen LogP contribution in [0.5, 0.6) is 5.75 Å². The fourth-order valence-corrected chi connectivity index (χ4v) is 3.84. The van der Waals surface area contributed by atoms with E-state index in [4.69, 9.17) is 5.11 Å². The molecule has 21 heavy (non-hydrogen) atoms. The summed E-state index contributed by atoms with van der Waals surface area (Å²) in [4.78, 5) is 4.72. The lowest BCUT2D eigenvalue weighted by Gasteiger charge is -2.46. The van der Waals surface area contributed by atoms with E-state index in [0.717, 1.165) is 19.5 Å². The fourth-order valence-electron chi connectivity index (χ4n) is 3.84. The molecule has 2 aliphatic heterocycles. The SMILES string of the molecule is CN1CCCC2CN(Cc3cc(F)c(O)c(F)c3)CCC21. The Labute approximate surface area is 124 Å². The Morgan fingerprint density at radius 2 is 1.90 bits per heavy atom. The fraction of sp³-hybridized carbons (Fsp3) is 0.625. The Hall–Kier alpha value is -1.20. The summed E-state index contributed by atoms with van der Waals surface area (Å²) < 4.78 is 26.8. The van der Waals surface area contributed by atoms with Crippen molar-refractivity contribution in [3.63, 3.8) is 0 Å². The van der Waals surface area contributed by atoms with Crippen LogP contribution in [0.1, 0.15) is 24.8 Å². The van der Waals surface area contributed by atoms with Gasteiger partial charge in [-0.05, 0) is 63.0 Å². The molecule has 0 saturated carbocycles. The molecule has 2 saturated heterocycles. The molecule has 5 heteroatoms. The highest BCUT2D eigenvalue weighted by molar-refractivity contribution is 5.30. The Bertz CT molecular complexity index is 500. The average molecular weight is 296 g/mol. The summed E-state index contributed by atoms with van der Waals surface area (Å²) in [6, 6.07) is 3.12. The first kappa shape index (κ1) is 14.7. The Morgan fingerprint density at radius 1 is 1.19 bits per heavy atom. The van der Waals surface area contributed by atoms with Gasteiger partial charge in [-0.25, -0.2) is 8.78 Å². The van der Waals surface area contributed by atoms with Crippen molar-refractivity contribution in [2.24, 2.45) is 5.92 Å². The molecule has 0 aliphatic carbocycles. The van der Waals surface area contributed by atoms with Crippen LogP contribution < -0.4 is 0 Å². The van der Waals surface area contributed by atoms with Gasteiger partial charge in [-0.2, -0.15) is 0 Å². The summed E-state index contributed by atoms with van der Waals surface area (Å²) in [5, 5.41) is 9.15. The van der Waals surface area contributed by atoms with Gasteiger partial charge in [0, 0.05) is 19.1 Å². The molecule has 3 rings (SSSR count). The molecular weight excluding hydrogens is 274 g/mol. The average Bonchev–Trinajstić information content (AvgIpc) is 2.45. The summed E-state index contributed by atoms with van der Waals surface area (Å²) in [5.74, 6) is -1.98. The lowest BCUT2D eigenvalue weighted by molar-refractivity contribution is 0.0354. The lowest BCUT2D eigenvalue weighted by Crippen LogP contribution is -2.52. The van der Waals surface area contributed by atoms with E-state index in [1.807, 2.05) is 0 Å². The molecule has 2 fully saturated rings. The highest BCUT2D eigenvalue weighted by Crippen LogP contribution is 2.30. The summed E-state index contributed by atoms with van der Waals surface area (Å²) >= 11 is 0. The summed E-state index contributed by atoms with van der Waals surface area (Å²) in [7, 11) is 2.19. The second kappa shape index (κ2) is 5.89. The molecule has 2 atom stereocenters. The third kappa shape index (κ3) is 3.04. The maximum Gasteiger partial charge on any atom is 0.187 e. The van der Waals surface area contributed by atoms with Crippen molar-refractivity contribution >= 4 is 0 Å². The molecule has 0 spiro atoms. The number of rotatable bonds is 2. The molecule has 1 aromatic rings. The zero-order valence-corrected chi connectivity index (χ0v) is 12.4. The number of piperidine rings is 2. The molecule has 0 bridgehead atoms. The molecule has 3 nitrogen and oxygen atoms in total. The van der Waals surface area contributed by atoms with Gasteiger partial charge in [0.2, 0.25) is 0 Å². The molecule has 116 valence electrons. The first-order valence-corrected chi connectivity index (χ1v) is 7.64. The minimum Gasteiger partial charge on any atom is -0.503 e. The van der Waals surface area contributed by atoms with Gasteiger partial charge >= 0.3 is 0 Å². The van der Waals surface area contributed by atoms with Gasteiger partial charge in [-0.15, -0.1) is 0 Å². The monoisotopic (exact) mass is 296 g/mol. The third-order valence-electron chi connectivity index (χ3n) is 4.91. The minimum atomic E-state index is -0.883. The van der Waals surface area contributed by atoms with E-state index in [9.17, 15) is 8.78 Å². The van der Waals surface area contributed by atoms with Crippen LogP contribution in [-0.4, -0.2) is 47.6 Å². The van der Waals surface area contributed by atoms with Crippen molar-refractivity contribution in [1.82, 2.24) is 9.80 Å². The number of benzene rings is 1. The standard InChI is InChI=1S/C16H22F2N2O/c1-19-5-2-3-12-10-20(6-4-15(12)19)9-11-7-13(17)16(21)14(18)8-11/h7-8,12,15,21H,2-6,9-10H2,1H3. The zero-order valence-electron chi connectivity index (χ0n) is 12.4. The van der Waals surface area contributed by atoms with Gasteiger partial charge in [0.05, 0.1) is 0 Å². The van der Waals surface area contributed by atoms with Crippen molar-refractivity contribution in [2.75, 3.05) is 26.7 Å². The van der Waals surface area contributed by atoms with Crippen LogP contribution >= 0.6 is 0 Å². The van der Waals surface area contributed by atoms with Crippen LogP contribution in [0.2, 0.25) is 0 Å². The second-order valence-corrected chi connectivity index (χ2v) is 6.38. The largest absolute Gasteiger partial charge is 0.503 e. The highest BCUT2D eigenvalue weighted by atomic mass is 19.1. The van der Waals surface area contributed by atoms with Crippen LogP contribution in [0.3, 0.4) is 0 Å². The highest BCUT2D eigenvalue weighted by Gasteiger charge is 2.34. The number of aromatic hydroxyl groups is 1. The van der Waals surface area contributed by atoms with Gasteiger partial charge in [0.15, 0.2) is 17.4 Å². The predicted octanol–water partition coefficient (Wildman–Crippen LogP) is 2.59. The maximum absolute atomic E-state index is 13.4. The Morgan fingerprint density at radius 3 is 2.62 bits per heavy atom. The predicted molar refractivity (Wildman–Crippen MR) is 77.1 cm³/mol. The molecular formula is C16H22F2N2O. The number of phenols is 1. The van der Waals surface area contributed by atoms with Crippen molar-refractivity contribution in [3.8, 4) is 5.75 Å². The first-order chi connectivity index (χ1) is 10.0. The van der Waals surface area contributed by atoms with Crippen molar-refractivity contribution in [2.45, 2.75) is 31.8 Å². The Kier molecular flexibility index (Phi) is 4.13. The number of hydrogen-bond donors (Lipinski definition) is 1. The summed E-state index contributed by atoms with van der Waals surface area (Å²) in [6.07, 6.45) is 3.59. The van der Waals surface area contributed by atoms with Crippen molar-refractivity contribution in [3.05, 3.63) is 29.3 Å². The third-order valence-corrected chi connectivity index (χ3v) is 4.91. The number of nitrogens with zero attached hydrogens (tertiary/aromatic N) is 2. The molecule has 0 radical (unpaired) electrons. The van der Waals surface area contributed by atoms with Gasteiger partial charge in [0.1, 0.15) is 0 Å². The van der Waals surface area contributed by atoms with Crippen LogP contribution in [0.15, 0.2) is 12.1 Å². The molecule has 2 heterocycles. The maximum atomic E-state index is 13.4. The zero-order chi connectivity index (χ0) is 15.0. The summed E-state index contributed by atoms with van der Waals surface area (Å²) in [6.45, 7) is 3.66. The van der Waals surface area contributed by atoms with E-state index in [1.54, 1.807) is 0 Å². The number of phenolic OH excluding ortho intramolecular Hbond substituents is 1. The van der Waals surface area contributed by atoms with Gasteiger partial charge in [-0.3, -0.25) is 4.90 Å². The topological polar surface area (TPSA) is 26.7 Å². The van der Waals surface area contributed by atoms with E-state index in [0.29, 0.717) is 24.1 Å². The molecule has 2 aliphatic rings. The smallest absolute Gasteiger partial charge is 0.187 e. The van der Waals surface area contributed by atoms with Crippen LogP contribution in [-0.2, 0) is 6.54 Å². The quantitative estimate of drug-likeness (QED) is 0.909. The first-order valence-electron chi connectivity index (χ1n) is 7.64. The van der Waals surface area contributed by atoms with E-state index >= 15 is 0 Å². The van der Waals surface area contributed by atoms with E-state index < -0.39 is 17.4 Å². The van der Waals surface area contributed by atoms with E-state index in [-0.39, 0.29) is 0 Å². The minimum absolute atomic E-state index is 0.543. The molecule has 1 aromatic carbocycles. The van der Waals surface area contributed by atoms with Gasteiger partial charge in [-0.1, -0.05) is 0 Å². The second-order valence-electron chi connectivity index (χ2n) is 6.38. The van der Waals surface area contributed by atoms with Gasteiger partial charge in [0.25, 0.3) is 0 Å². The van der Waals surface area contributed by atoms with Gasteiger partial charge < -0.3 is 10.0 Å². The normalized spacial score (nSPS) is 27.6. The van der Waals surface area contributed by atoms with Crippen LogP contribution in [0.4, 0.5) is 8.78 Å².